The van der Waals surface area contributed by atoms with Crippen LogP contribution >= 0.6 is 0 Å². The second-order valence-corrected chi connectivity index (χ2v) is 6.48. The van der Waals surface area contributed by atoms with Gasteiger partial charge in [-0.3, -0.25) is 30.3 Å². The summed E-state index contributed by atoms with van der Waals surface area (Å²) in [6.45, 7) is 0. The molecule has 0 aliphatic rings. The Morgan fingerprint density at radius 1 is 0.607 bits per heavy atom. The van der Waals surface area contributed by atoms with E-state index in [1.54, 1.807) is 0 Å². The van der Waals surface area contributed by atoms with Crippen LogP contribution in [0.5, 0.6) is 0 Å². The third-order valence-corrected chi connectivity index (χ3v) is 4.31. The molecule has 10 heteroatoms. The van der Waals surface area contributed by atoms with E-state index in [9.17, 15) is 35.1 Å². The number of rotatable bonds is 18. The highest BCUT2D eigenvalue weighted by Gasteiger charge is 2.69. The van der Waals surface area contributed by atoms with Gasteiger partial charge in [0.05, 0.1) is 0 Å². The third kappa shape index (κ3) is 9.89. The standard InChI is InChI=1S/C18H29N3O7/c22-17-15-13-11-9-7-5-3-1-2-4-6-8-10-12-14-16-18(19(23)24,20(25)26)21(27)28/h1-2,6,8,17H,3-5,7,9-16H2. The van der Waals surface area contributed by atoms with E-state index in [2.05, 4.69) is 6.08 Å². The SMILES string of the molecule is O=CCCCCCCCC=CCC=CCCCCC([N+](=O)[O-])([N+](=O)[O-])[N+](=O)[O-]. The maximum Gasteiger partial charge on any atom is 0.699 e. The van der Waals surface area contributed by atoms with Crippen LogP contribution in [0, 0.1) is 30.3 Å². The minimum atomic E-state index is -3.35. The van der Waals surface area contributed by atoms with Crippen LogP contribution in [0.2, 0.25) is 0 Å². The molecule has 0 radical (unpaired) electrons. The van der Waals surface area contributed by atoms with Gasteiger partial charge in [-0.1, -0.05) is 43.6 Å². The van der Waals surface area contributed by atoms with Gasteiger partial charge in [-0.25, -0.2) is 0 Å². The van der Waals surface area contributed by atoms with Gasteiger partial charge in [0.1, 0.15) is 6.29 Å². The second-order valence-electron chi connectivity index (χ2n) is 6.48. The monoisotopic (exact) mass is 399 g/mol. The first kappa shape index (κ1) is 25.4. The summed E-state index contributed by atoms with van der Waals surface area (Å²) in [5, 5.41) is 32.4. The highest BCUT2D eigenvalue weighted by Crippen LogP contribution is 2.21. The van der Waals surface area contributed by atoms with Crippen molar-refractivity contribution < 1.29 is 19.6 Å². The average Bonchev–Trinajstić information content (AvgIpc) is 2.63. The normalized spacial score (nSPS) is 11.9. The smallest absolute Gasteiger partial charge is 0.303 e. The lowest BCUT2D eigenvalue weighted by Crippen LogP contribution is -2.53. The molecule has 0 saturated heterocycles. The lowest BCUT2D eigenvalue weighted by Gasteiger charge is -2.08. The predicted molar refractivity (Wildman–Crippen MR) is 103 cm³/mol. The van der Waals surface area contributed by atoms with Crippen LogP contribution in [0.4, 0.5) is 0 Å². The van der Waals surface area contributed by atoms with E-state index >= 15 is 0 Å². The van der Waals surface area contributed by atoms with Crippen LogP contribution in [-0.4, -0.2) is 26.8 Å². The third-order valence-electron chi connectivity index (χ3n) is 4.31. The minimum Gasteiger partial charge on any atom is -0.303 e. The molecule has 0 aliphatic carbocycles. The fraction of sp³-hybridized carbons (Fsp3) is 0.722. The zero-order valence-electron chi connectivity index (χ0n) is 16.1. The number of allylic oxidation sites excluding steroid dienone is 4. The summed E-state index contributed by atoms with van der Waals surface area (Å²) in [6.07, 6.45) is 17.0. The number of nitrogens with zero attached hydrogens (tertiary/aromatic N) is 3. The van der Waals surface area contributed by atoms with Crippen molar-refractivity contribution in [3.8, 4) is 0 Å². The Morgan fingerprint density at radius 3 is 1.50 bits per heavy atom. The van der Waals surface area contributed by atoms with Crippen molar-refractivity contribution in [3.05, 3.63) is 54.6 Å². The molecule has 0 saturated carbocycles. The Morgan fingerprint density at radius 2 is 1.04 bits per heavy atom. The summed E-state index contributed by atoms with van der Waals surface area (Å²) < 4.78 is 0. The predicted octanol–water partition coefficient (Wildman–Crippen LogP) is 4.46. The molecule has 0 amide bonds. The van der Waals surface area contributed by atoms with Gasteiger partial charge in [-0.15, -0.1) is 0 Å². The fourth-order valence-corrected chi connectivity index (χ4v) is 2.63. The molecule has 0 aromatic carbocycles. The molecule has 0 aliphatic heterocycles. The van der Waals surface area contributed by atoms with Crippen molar-refractivity contribution in [1.82, 2.24) is 0 Å². The lowest BCUT2D eigenvalue weighted by atomic mass is 10.1. The van der Waals surface area contributed by atoms with Crippen molar-refractivity contribution in [2.75, 3.05) is 0 Å². The molecule has 0 fully saturated rings. The Bertz CT molecular complexity index is 525. The number of unbranched alkanes of at least 4 members (excludes halogenated alkanes) is 8. The summed E-state index contributed by atoms with van der Waals surface area (Å²) >= 11 is 0. The molecular weight excluding hydrogens is 370 g/mol. The van der Waals surface area contributed by atoms with E-state index in [-0.39, 0.29) is 6.42 Å². The lowest BCUT2D eigenvalue weighted by molar-refractivity contribution is -0.970. The Labute approximate surface area is 164 Å². The first-order valence-electron chi connectivity index (χ1n) is 9.56. The van der Waals surface area contributed by atoms with Crippen LogP contribution in [0.1, 0.15) is 77.0 Å². The Hall–Kier alpha value is -2.65. The average molecular weight is 399 g/mol. The number of carbonyl (C=O) groups is 1. The molecule has 0 heterocycles. The van der Waals surface area contributed by atoms with Crippen molar-refractivity contribution in [2.45, 2.75) is 82.8 Å². The van der Waals surface area contributed by atoms with Gasteiger partial charge in [0, 0.05) is 6.42 Å². The molecule has 0 N–H and O–H groups in total. The van der Waals surface area contributed by atoms with Gasteiger partial charge < -0.3 is 4.79 Å². The van der Waals surface area contributed by atoms with E-state index in [1.165, 1.54) is 0 Å². The second kappa shape index (κ2) is 15.4. The molecule has 0 aromatic rings. The zero-order valence-corrected chi connectivity index (χ0v) is 16.1. The maximum atomic E-state index is 10.8. The van der Waals surface area contributed by atoms with Crippen molar-refractivity contribution in [1.29, 1.82) is 0 Å². The van der Waals surface area contributed by atoms with Crippen molar-refractivity contribution in [3.63, 3.8) is 0 Å². The topological polar surface area (TPSA) is 146 Å². The number of hydrogen-bond donors (Lipinski definition) is 0. The molecule has 0 bridgehead atoms. The molecule has 0 spiro atoms. The number of aldehydes is 1. The first-order valence-corrected chi connectivity index (χ1v) is 9.56. The van der Waals surface area contributed by atoms with Gasteiger partial charge >= 0.3 is 5.79 Å². The van der Waals surface area contributed by atoms with Gasteiger partial charge in [-0.05, 0) is 44.9 Å². The molecule has 0 unspecified atom stereocenters. The largest absolute Gasteiger partial charge is 0.699 e. The molecule has 10 nitrogen and oxygen atoms in total. The number of nitro groups is 3. The van der Waals surface area contributed by atoms with Crippen LogP contribution in [-0.2, 0) is 4.79 Å². The van der Waals surface area contributed by atoms with Gasteiger partial charge in [-0.2, -0.15) is 0 Å². The first-order chi connectivity index (χ1) is 13.4. The van der Waals surface area contributed by atoms with Gasteiger partial charge in [0.15, 0.2) is 21.2 Å². The van der Waals surface area contributed by atoms with E-state index in [4.69, 9.17) is 0 Å². The van der Waals surface area contributed by atoms with Crippen molar-refractivity contribution >= 4 is 6.29 Å². The maximum absolute atomic E-state index is 10.8. The molecule has 0 rings (SSSR count). The molecule has 158 valence electrons. The molecule has 28 heavy (non-hydrogen) atoms. The summed E-state index contributed by atoms with van der Waals surface area (Å²) in [6, 6.07) is 0. The van der Waals surface area contributed by atoms with E-state index in [0.29, 0.717) is 19.3 Å². The van der Waals surface area contributed by atoms with Crippen LogP contribution in [0.25, 0.3) is 0 Å². The van der Waals surface area contributed by atoms with Crippen molar-refractivity contribution in [2.24, 2.45) is 0 Å². The Kier molecular flexibility index (Phi) is 14.0. The van der Waals surface area contributed by atoms with Gasteiger partial charge in [0.25, 0.3) is 0 Å². The molecule has 0 atom stereocenters. The quantitative estimate of drug-likeness (QED) is 0.0825. The number of hydrogen-bond acceptors (Lipinski definition) is 7. The van der Waals surface area contributed by atoms with E-state index < -0.39 is 27.0 Å². The summed E-state index contributed by atoms with van der Waals surface area (Å²) in [5.74, 6) is -3.35. The summed E-state index contributed by atoms with van der Waals surface area (Å²) in [7, 11) is 0. The summed E-state index contributed by atoms with van der Waals surface area (Å²) in [5.41, 5.74) is 0. The van der Waals surface area contributed by atoms with E-state index in [0.717, 1.165) is 51.2 Å². The highest BCUT2D eigenvalue weighted by molar-refractivity contribution is 5.48. The fourth-order valence-electron chi connectivity index (χ4n) is 2.63. The minimum absolute atomic E-state index is 0.0238. The highest BCUT2D eigenvalue weighted by atomic mass is 16.7. The molecular formula is C18H29N3O7. The van der Waals surface area contributed by atoms with Crippen LogP contribution in [0.3, 0.4) is 0 Å². The van der Waals surface area contributed by atoms with Gasteiger partial charge in [0.2, 0.25) is 0 Å². The Balaban J connectivity index is 3.85. The molecule has 0 aromatic heterocycles. The van der Waals surface area contributed by atoms with E-state index in [1.807, 2.05) is 18.2 Å². The summed E-state index contributed by atoms with van der Waals surface area (Å²) in [4.78, 5) is 38.2. The van der Waals surface area contributed by atoms with Crippen LogP contribution < -0.4 is 0 Å². The number of carbonyl (C=O) groups excluding carboxylic acids is 1. The van der Waals surface area contributed by atoms with Crippen LogP contribution in [0.15, 0.2) is 24.3 Å². The zero-order chi connectivity index (χ0) is 21.3.